The Bertz CT molecular complexity index is 1060. The van der Waals surface area contributed by atoms with E-state index in [0.717, 1.165) is 15.5 Å². The Morgan fingerprint density at radius 2 is 1.83 bits per heavy atom. The van der Waals surface area contributed by atoms with E-state index in [0.29, 0.717) is 5.69 Å². The number of fused-ring (bicyclic) bond motifs is 1. The van der Waals surface area contributed by atoms with Crippen molar-refractivity contribution in [3.8, 4) is 0 Å². The van der Waals surface area contributed by atoms with Crippen LogP contribution in [0.3, 0.4) is 0 Å². The molecule has 0 N–H and O–H groups in total. The predicted octanol–water partition coefficient (Wildman–Crippen LogP) is 1.10. The number of rotatable bonds is 4. The molecule has 0 unspecified atom stereocenters. The first-order valence-corrected chi connectivity index (χ1v) is 8.78. The first kappa shape index (κ1) is 16.4. The number of sulfonamides is 1. The maximum absolute atomic E-state index is 12.2. The molecule has 0 radical (unpaired) electrons. The summed E-state index contributed by atoms with van der Waals surface area (Å²) in [6.07, 6.45) is 5.14. The van der Waals surface area contributed by atoms with Gasteiger partial charge in [-0.3, -0.25) is 4.79 Å². The van der Waals surface area contributed by atoms with Crippen molar-refractivity contribution in [2.24, 2.45) is 0 Å². The standard InChI is InChI=1S/C16H18N4O3S/c1-12-4-6-15-17-13(9-19(15)8-12)10-20-11-14(5-7-16(20)21)24(22,23)18(2)3/h4-9,11H,10H2,1-3H3. The summed E-state index contributed by atoms with van der Waals surface area (Å²) >= 11 is 0. The Labute approximate surface area is 139 Å². The van der Waals surface area contributed by atoms with Gasteiger partial charge in [0.15, 0.2) is 0 Å². The van der Waals surface area contributed by atoms with Crippen LogP contribution in [-0.2, 0) is 16.6 Å². The summed E-state index contributed by atoms with van der Waals surface area (Å²) in [4.78, 5) is 16.6. The van der Waals surface area contributed by atoms with Gasteiger partial charge in [0, 0.05) is 38.8 Å². The molecular weight excluding hydrogens is 328 g/mol. The Morgan fingerprint density at radius 3 is 2.54 bits per heavy atom. The van der Waals surface area contributed by atoms with Crippen molar-refractivity contribution in [1.82, 2.24) is 18.3 Å². The molecule has 0 bridgehead atoms. The summed E-state index contributed by atoms with van der Waals surface area (Å²) in [6, 6.07) is 6.44. The van der Waals surface area contributed by atoms with Gasteiger partial charge in [0.1, 0.15) is 5.65 Å². The van der Waals surface area contributed by atoms with E-state index in [2.05, 4.69) is 4.98 Å². The lowest BCUT2D eigenvalue weighted by Gasteiger charge is -2.12. The summed E-state index contributed by atoms with van der Waals surface area (Å²) in [6.45, 7) is 2.19. The molecule has 3 rings (SSSR count). The van der Waals surface area contributed by atoms with E-state index in [1.165, 1.54) is 37.0 Å². The van der Waals surface area contributed by atoms with Crippen LogP contribution >= 0.6 is 0 Å². The second-order valence-corrected chi connectivity index (χ2v) is 7.97. The lowest BCUT2D eigenvalue weighted by atomic mass is 10.3. The third-order valence-corrected chi connectivity index (χ3v) is 5.51. The second kappa shape index (κ2) is 5.88. The van der Waals surface area contributed by atoms with E-state index in [-0.39, 0.29) is 17.0 Å². The van der Waals surface area contributed by atoms with E-state index in [4.69, 9.17) is 0 Å². The summed E-state index contributed by atoms with van der Waals surface area (Å²) < 4.78 is 28.8. The van der Waals surface area contributed by atoms with Gasteiger partial charge in [0.25, 0.3) is 5.56 Å². The predicted molar refractivity (Wildman–Crippen MR) is 90.6 cm³/mol. The molecule has 0 aromatic carbocycles. The largest absolute Gasteiger partial charge is 0.308 e. The molecular formula is C16H18N4O3S. The Hall–Kier alpha value is -2.45. The lowest BCUT2D eigenvalue weighted by molar-refractivity contribution is 0.519. The van der Waals surface area contributed by atoms with Crippen LogP contribution in [0.25, 0.3) is 5.65 Å². The molecule has 3 aromatic heterocycles. The Balaban J connectivity index is 2.01. The molecule has 0 fully saturated rings. The fraction of sp³-hybridized carbons (Fsp3) is 0.250. The number of hydrogen-bond donors (Lipinski definition) is 0. The minimum absolute atomic E-state index is 0.0757. The molecule has 8 heteroatoms. The maximum Gasteiger partial charge on any atom is 0.250 e. The molecule has 3 aromatic rings. The topological polar surface area (TPSA) is 76.7 Å². The van der Waals surface area contributed by atoms with Gasteiger partial charge in [0.2, 0.25) is 10.0 Å². The second-order valence-electron chi connectivity index (χ2n) is 5.82. The zero-order chi connectivity index (χ0) is 17.5. The SMILES string of the molecule is Cc1ccc2nc(Cn3cc(S(=O)(=O)N(C)C)ccc3=O)cn2c1. The van der Waals surface area contributed by atoms with Crippen molar-refractivity contribution in [3.05, 3.63) is 64.5 Å². The van der Waals surface area contributed by atoms with Gasteiger partial charge in [-0.2, -0.15) is 0 Å². The van der Waals surface area contributed by atoms with Gasteiger partial charge in [-0.15, -0.1) is 0 Å². The van der Waals surface area contributed by atoms with Crippen molar-refractivity contribution < 1.29 is 8.42 Å². The van der Waals surface area contributed by atoms with Crippen molar-refractivity contribution in [1.29, 1.82) is 0 Å². The third kappa shape index (κ3) is 2.98. The first-order valence-electron chi connectivity index (χ1n) is 7.34. The highest BCUT2D eigenvalue weighted by Gasteiger charge is 2.18. The van der Waals surface area contributed by atoms with E-state index >= 15 is 0 Å². The average Bonchev–Trinajstić information content (AvgIpc) is 2.90. The lowest BCUT2D eigenvalue weighted by Crippen LogP contribution is -2.26. The molecule has 0 amide bonds. The van der Waals surface area contributed by atoms with Crippen LogP contribution in [0.15, 0.2) is 52.5 Å². The van der Waals surface area contributed by atoms with Crippen LogP contribution in [0.4, 0.5) is 0 Å². The monoisotopic (exact) mass is 346 g/mol. The smallest absolute Gasteiger partial charge is 0.250 e. The highest BCUT2D eigenvalue weighted by atomic mass is 32.2. The van der Waals surface area contributed by atoms with Crippen LogP contribution in [0, 0.1) is 6.92 Å². The number of pyridine rings is 2. The van der Waals surface area contributed by atoms with Crippen LogP contribution in [0.2, 0.25) is 0 Å². The van der Waals surface area contributed by atoms with Crippen LogP contribution in [-0.4, -0.2) is 40.8 Å². The molecule has 126 valence electrons. The van der Waals surface area contributed by atoms with Gasteiger partial charge in [-0.05, 0) is 24.6 Å². The molecule has 3 heterocycles. The fourth-order valence-electron chi connectivity index (χ4n) is 2.40. The van der Waals surface area contributed by atoms with Gasteiger partial charge >= 0.3 is 0 Å². The minimum atomic E-state index is -3.59. The molecule has 0 aliphatic carbocycles. The molecule has 7 nitrogen and oxygen atoms in total. The van der Waals surface area contributed by atoms with Gasteiger partial charge < -0.3 is 8.97 Å². The Kier molecular flexibility index (Phi) is 4.02. The van der Waals surface area contributed by atoms with E-state index < -0.39 is 10.0 Å². The summed E-state index contributed by atoms with van der Waals surface area (Å²) in [7, 11) is -0.683. The van der Waals surface area contributed by atoms with E-state index in [1.807, 2.05) is 35.9 Å². The zero-order valence-electron chi connectivity index (χ0n) is 13.7. The normalized spacial score (nSPS) is 12.2. The number of aromatic nitrogens is 3. The molecule has 0 spiro atoms. The van der Waals surface area contributed by atoms with Gasteiger partial charge in [-0.25, -0.2) is 17.7 Å². The van der Waals surface area contributed by atoms with Crippen molar-refractivity contribution in [2.45, 2.75) is 18.4 Å². The quantitative estimate of drug-likeness (QED) is 0.709. The van der Waals surface area contributed by atoms with Gasteiger partial charge in [0.05, 0.1) is 17.1 Å². The number of aryl methyl sites for hydroxylation is 1. The maximum atomic E-state index is 12.2. The highest BCUT2D eigenvalue weighted by molar-refractivity contribution is 7.89. The number of imidazole rings is 1. The highest BCUT2D eigenvalue weighted by Crippen LogP contribution is 2.12. The molecule has 0 saturated carbocycles. The number of nitrogens with zero attached hydrogens (tertiary/aromatic N) is 4. The fourth-order valence-corrected chi connectivity index (χ4v) is 3.32. The molecule has 0 aliphatic rings. The molecule has 0 atom stereocenters. The average molecular weight is 346 g/mol. The van der Waals surface area contributed by atoms with Crippen molar-refractivity contribution >= 4 is 15.7 Å². The molecule has 0 saturated heterocycles. The van der Waals surface area contributed by atoms with Gasteiger partial charge in [-0.1, -0.05) is 6.07 Å². The Morgan fingerprint density at radius 1 is 1.08 bits per heavy atom. The molecule has 24 heavy (non-hydrogen) atoms. The van der Waals surface area contributed by atoms with Crippen LogP contribution in [0.1, 0.15) is 11.3 Å². The first-order chi connectivity index (χ1) is 11.3. The van der Waals surface area contributed by atoms with E-state index in [1.54, 1.807) is 0 Å². The zero-order valence-corrected chi connectivity index (χ0v) is 14.5. The minimum Gasteiger partial charge on any atom is -0.308 e. The van der Waals surface area contributed by atoms with Crippen molar-refractivity contribution in [2.75, 3.05) is 14.1 Å². The summed E-state index contributed by atoms with van der Waals surface area (Å²) in [5, 5.41) is 0. The summed E-state index contributed by atoms with van der Waals surface area (Å²) in [5.74, 6) is 0. The number of hydrogen-bond acceptors (Lipinski definition) is 4. The van der Waals surface area contributed by atoms with E-state index in [9.17, 15) is 13.2 Å². The van der Waals surface area contributed by atoms with Crippen molar-refractivity contribution in [3.63, 3.8) is 0 Å². The van der Waals surface area contributed by atoms with Crippen LogP contribution in [0.5, 0.6) is 0 Å². The molecule has 0 aliphatic heterocycles. The van der Waals surface area contributed by atoms with Crippen LogP contribution < -0.4 is 5.56 Å². The third-order valence-electron chi connectivity index (χ3n) is 3.72. The summed E-state index contributed by atoms with van der Waals surface area (Å²) in [5.41, 5.74) is 2.28.